The highest BCUT2D eigenvalue weighted by atomic mass is 32.1. The maximum absolute atomic E-state index is 11.7. The van der Waals surface area contributed by atoms with E-state index in [0.717, 1.165) is 47.8 Å². The molecule has 162 valence electrons. The average Bonchev–Trinajstić information content (AvgIpc) is 3.20. The van der Waals surface area contributed by atoms with Crippen LogP contribution in [0.4, 0.5) is 9.93 Å². The first-order valence-corrected chi connectivity index (χ1v) is 11.6. The number of para-hydroxylation sites is 1. The van der Waals surface area contributed by atoms with Gasteiger partial charge < -0.3 is 19.7 Å². The van der Waals surface area contributed by atoms with Gasteiger partial charge in [-0.2, -0.15) is 0 Å². The first kappa shape index (κ1) is 20.1. The maximum Gasteiger partial charge on any atom is 0.409 e. The fourth-order valence-electron chi connectivity index (χ4n) is 4.36. The molecule has 2 aliphatic rings. The Kier molecular flexibility index (Phi) is 5.63. The Balaban J connectivity index is 1.16. The van der Waals surface area contributed by atoms with E-state index in [1.807, 2.05) is 24.3 Å². The molecule has 0 unspecified atom stereocenters. The fourth-order valence-corrected chi connectivity index (χ4v) is 5.30. The number of anilines is 1. The van der Waals surface area contributed by atoms with Gasteiger partial charge in [0.15, 0.2) is 5.13 Å². The Morgan fingerprint density at radius 2 is 1.97 bits per heavy atom. The molecule has 5 rings (SSSR count). The minimum absolute atomic E-state index is 0.163. The minimum Gasteiger partial charge on any atom is -0.474 e. The summed E-state index contributed by atoms with van der Waals surface area (Å²) >= 11 is 1.69. The highest BCUT2D eigenvalue weighted by Gasteiger charge is 2.33. The van der Waals surface area contributed by atoms with E-state index in [4.69, 9.17) is 9.47 Å². The monoisotopic (exact) mass is 438 g/mol. The third kappa shape index (κ3) is 4.30. The number of ether oxygens (including phenoxy) is 2. The smallest absolute Gasteiger partial charge is 0.409 e. The van der Waals surface area contributed by atoms with E-state index in [9.17, 15) is 4.79 Å². The molecule has 1 saturated carbocycles. The van der Waals surface area contributed by atoms with Crippen LogP contribution in [0.5, 0.6) is 5.88 Å². The van der Waals surface area contributed by atoms with Crippen LogP contribution in [0.15, 0.2) is 42.6 Å². The molecular formula is C23H26N4O3S. The quantitative estimate of drug-likeness (QED) is 0.624. The lowest BCUT2D eigenvalue weighted by atomic mass is 9.88. The molecule has 1 aromatic carbocycles. The van der Waals surface area contributed by atoms with Crippen LogP contribution in [-0.2, 0) is 4.74 Å². The molecule has 2 fully saturated rings. The summed E-state index contributed by atoms with van der Waals surface area (Å²) in [5.41, 5.74) is 2.19. The number of likely N-dealkylation sites (tertiary alicyclic amines) is 1. The summed E-state index contributed by atoms with van der Waals surface area (Å²) in [7, 11) is 1.43. The van der Waals surface area contributed by atoms with Crippen LogP contribution in [0.1, 0.15) is 37.2 Å². The first-order chi connectivity index (χ1) is 15.2. The van der Waals surface area contributed by atoms with Crippen molar-refractivity contribution in [3.8, 4) is 5.88 Å². The Hall–Kier alpha value is -2.87. The van der Waals surface area contributed by atoms with Crippen molar-refractivity contribution in [2.24, 2.45) is 0 Å². The molecule has 1 amide bonds. The zero-order valence-corrected chi connectivity index (χ0v) is 18.3. The van der Waals surface area contributed by atoms with Gasteiger partial charge in [-0.3, -0.25) is 0 Å². The number of pyridine rings is 1. The SMILES string of the molecule is COC(=O)N1CCC(c2cccnc2O[C@H]2C[C@H](Nc3nc4ccccc4s3)C2)CC1. The van der Waals surface area contributed by atoms with Gasteiger partial charge in [-0.1, -0.05) is 29.5 Å². The summed E-state index contributed by atoms with van der Waals surface area (Å²) in [5.74, 6) is 1.09. The maximum atomic E-state index is 11.7. The number of hydrogen-bond acceptors (Lipinski definition) is 7. The van der Waals surface area contributed by atoms with Crippen molar-refractivity contribution in [3.63, 3.8) is 0 Å². The summed E-state index contributed by atoms with van der Waals surface area (Å²) in [6.07, 6.45) is 5.36. The molecule has 0 bridgehead atoms. The average molecular weight is 439 g/mol. The lowest BCUT2D eigenvalue weighted by molar-refractivity contribution is 0.0982. The van der Waals surface area contributed by atoms with Crippen molar-refractivity contribution >= 4 is 32.8 Å². The van der Waals surface area contributed by atoms with Crippen molar-refractivity contribution in [1.82, 2.24) is 14.9 Å². The van der Waals surface area contributed by atoms with Gasteiger partial charge in [0.05, 0.1) is 17.3 Å². The molecule has 1 N–H and O–H groups in total. The van der Waals surface area contributed by atoms with Gasteiger partial charge in [0, 0.05) is 43.7 Å². The number of carbonyl (C=O) groups excluding carboxylic acids is 1. The molecule has 1 aliphatic carbocycles. The molecule has 0 spiro atoms. The second-order valence-electron chi connectivity index (χ2n) is 8.17. The Bertz CT molecular complexity index is 1020. The highest BCUT2D eigenvalue weighted by Crippen LogP contribution is 2.36. The van der Waals surface area contributed by atoms with E-state index in [1.165, 1.54) is 11.8 Å². The second-order valence-corrected chi connectivity index (χ2v) is 9.20. The van der Waals surface area contributed by atoms with Crippen LogP contribution in [0.3, 0.4) is 0 Å². The predicted octanol–water partition coefficient (Wildman–Crippen LogP) is 4.66. The van der Waals surface area contributed by atoms with Crippen LogP contribution in [-0.4, -0.2) is 53.3 Å². The van der Waals surface area contributed by atoms with E-state index in [0.29, 0.717) is 25.0 Å². The number of piperidine rings is 1. The van der Waals surface area contributed by atoms with Gasteiger partial charge in [0.25, 0.3) is 0 Å². The van der Waals surface area contributed by atoms with Crippen molar-refractivity contribution in [2.45, 2.75) is 43.7 Å². The number of nitrogens with zero attached hydrogens (tertiary/aromatic N) is 3. The van der Waals surface area contributed by atoms with Gasteiger partial charge in [-0.15, -0.1) is 0 Å². The number of carbonyl (C=O) groups is 1. The van der Waals surface area contributed by atoms with Crippen molar-refractivity contribution < 1.29 is 14.3 Å². The molecule has 0 atom stereocenters. The minimum atomic E-state index is -0.248. The first-order valence-electron chi connectivity index (χ1n) is 10.8. The van der Waals surface area contributed by atoms with Gasteiger partial charge in [0.2, 0.25) is 5.88 Å². The highest BCUT2D eigenvalue weighted by molar-refractivity contribution is 7.22. The summed E-state index contributed by atoms with van der Waals surface area (Å²) < 4.78 is 12.3. The third-order valence-corrected chi connectivity index (χ3v) is 7.13. The standard InChI is InChI=1S/C23H26N4O3S/c1-29-23(28)27-11-8-15(9-12-27)18-5-4-10-24-21(18)30-17-13-16(14-17)25-22-26-19-6-2-3-7-20(19)31-22/h2-7,10,15-17H,8-9,11-14H2,1H3,(H,25,26)/t16-,17-. The number of fused-ring (bicyclic) bond motifs is 1. The molecule has 1 aliphatic heterocycles. The zero-order chi connectivity index (χ0) is 21.2. The van der Waals surface area contributed by atoms with Gasteiger partial charge in [-0.05, 0) is 37.0 Å². The molecule has 31 heavy (non-hydrogen) atoms. The van der Waals surface area contributed by atoms with Crippen LogP contribution >= 0.6 is 11.3 Å². The number of rotatable bonds is 5. The number of hydrogen-bond donors (Lipinski definition) is 1. The molecule has 0 radical (unpaired) electrons. The summed E-state index contributed by atoms with van der Waals surface area (Å²) in [6.45, 7) is 1.40. The van der Waals surface area contributed by atoms with Gasteiger partial charge >= 0.3 is 6.09 Å². The van der Waals surface area contributed by atoms with E-state index in [1.54, 1.807) is 22.4 Å². The van der Waals surface area contributed by atoms with Crippen LogP contribution in [0, 0.1) is 0 Å². The van der Waals surface area contributed by atoms with Crippen LogP contribution in [0.2, 0.25) is 0 Å². The van der Waals surface area contributed by atoms with E-state index in [2.05, 4.69) is 27.4 Å². The Labute approximate surface area is 185 Å². The number of aromatic nitrogens is 2. The summed E-state index contributed by atoms with van der Waals surface area (Å²) in [6, 6.07) is 12.7. The van der Waals surface area contributed by atoms with E-state index in [-0.39, 0.29) is 12.2 Å². The molecule has 8 heteroatoms. The van der Waals surface area contributed by atoms with Crippen LogP contribution < -0.4 is 10.1 Å². The number of benzene rings is 1. The largest absolute Gasteiger partial charge is 0.474 e. The number of methoxy groups -OCH3 is 1. The van der Waals surface area contributed by atoms with Crippen molar-refractivity contribution in [2.75, 3.05) is 25.5 Å². The van der Waals surface area contributed by atoms with E-state index < -0.39 is 0 Å². The summed E-state index contributed by atoms with van der Waals surface area (Å²) in [4.78, 5) is 22.7. The molecule has 3 heterocycles. The van der Waals surface area contributed by atoms with E-state index >= 15 is 0 Å². The number of amides is 1. The molecule has 1 saturated heterocycles. The molecule has 3 aromatic rings. The van der Waals surface area contributed by atoms with Crippen molar-refractivity contribution in [1.29, 1.82) is 0 Å². The Morgan fingerprint density at radius 1 is 1.16 bits per heavy atom. The van der Waals surface area contributed by atoms with Gasteiger partial charge in [-0.25, -0.2) is 14.8 Å². The zero-order valence-electron chi connectivity index (χ0n) is 17.5. The second kappa shape index (κ2) is 8.70. The normalized spacial score (nSPS) is 21.5. The molecule has 2 aromatic heterocycles. The third-order valence-electron chi connectivity index (χ3n) is 6.16. The molecular weight excluding hydrogens is 412 g/mol. The predicted molar refractivity (Wildman–Crippen MR) is 121 cm³/mol. The topological polar surface area (TPSA) is 76.6 Å². The molecule has 7 nitrogen and oxygen atoms in total. The number of thiazole rings is 1. The number of nitrogens with one attached hydrogen (secondary N) is 1. The van der Waals surface area contributed by atoms with Crippen LogP contribution in [0.25, 0.3) is 10.2 Å². The Morgan fingerprint density at radius 3 is 2.74 bits per heavy atom. The van der Waals surface area contributed by atoms with Crippen molar-refractivity contribution in [3.05, 3.63) is 48.2 Å². The lowest BCUT2D eigenvalue weighted by Crippen LogP contribution is -2.43. The fraction of sp³-hybridized carbons (Fsp3) is 0.435. The van der Waals surface area contributed by atoms with Gasteiger partial charge in [0.1, 0.15) is 6.10 Å². The summed E-state index contributed by atoms with van der Waals surface area (Å²) in [5, 5.41) is 4.51. The lowest BCUT2D eigenvalue weighted by Gasteiger charge is -2.36.